The van der Waals surface area contributed by atoms with Crippen molar-refractivity contribution >= 4 is 27.1 Å². The van der Waals surface area contributed by atoms with Crippen LogP contribution in [0.1, 0.15) is 84.6 Å². The SMILES string of the molecule is CC/C(C)=C(NC1CCCN(CC(=C2CCC2)N2CCC(O)CC2)C1)/C(C)=C(C)\C(=N/C)c1ccc2sccc2c1O. The molecule has 3 heterocycles. The fourth-order valence-electron chi connectivity index (χ4n) is 6.75. The monoisotopic (exact) mass is 590 g/mol. The molecular weight excluding hydrogens is 540 g/mol. The van der Waals surface area contributed by atoms with Gasteiger partial charge in [-0.1, -0.05) is 12.5 Å². The van der Waals surface area contributed by atoms with Crippen LogP contribution >= 0.6 is 11.3 Å². The first kappa shape index (κ1) is 30.8. The highest BCUT2D eigenvalue weighted by atomic mass is 32.1. The highest BCUT2D eigenvalue weighted by Gasteiger charge is 2.28. The van der Waals surface area contributed by atoms with Gasteiger partial charge in [-0.3, -0.25) is 9.89 Å². The van der Waals surface area contributed by atoms with E-state index in [9.17, 15) is 10.2 Å². The minimum absolute atomic E-state index is 0.134. The smallest absolute Gasteiger partial charge is 0.133 e. The van der Waals surface area contributed by atoms with E-state index in [0.29, 0.717) is 11.8 Å². The average Bonchev–Trinajstić information content (AvgIpc) is 3.46. The van der Waals surface area contributed by atoms with E-state index < -0.39 is 0 Å². The van der Waals surface area contributed by atoms with Crippen molar-refractivity contribution in [3.63, 3.8) is 0 Å². The Morgan fingerprint density at radius 2 is 1.79 bits per heavy atom. The third-order valence-electron chi connectivity index (χ3n) is 9.77. The molecule has 0 radical (unpaired) electrons. The molecule has 1 atom stereocenters. The number of hydrogen-bond acceptors (Lipinski definition) is 7. The van der Waals surface area contributed by atoms with Crippen LogP contribution in [0.25, 0.3) is 10.1 Å². The van der Waals surface area contributed by atoms with E-state index in [-0.39, 0.29) is 6.10 Å². The highest BCUT2D eigenvalue weighted by Crippen LogP contribution is 2.35. The van der Waals surface area contributed by atoms with Crippen LogP contribution in [0.3, 0.4) is 0 Å². The number of phenols is 1. The molecule has 3 N–H and O–H groups in total. The molecule has 2 saturated heterocycles. The Morgan fingerprint density at radius 1 is 1.02 bits per heavy atom. The number of nitrogens with one attached hydrogen (secondary N) is 1. The Bertz CT molecular complexity index is 1390. The van der Waals surface area contributed by atoms with Crippen LogP contribution in [0.2, 0.25) is 0 Å². The Balaban J connectivity index is 1.34. The van der Waals surface area contributed by atoms with Gasteiger partial charge >= 0.3 is 0 Å². The zero-order valence-electron chi connectivity index (χ0n) is 26.3. The fraction of sp³-hybridized carbons (Fsp3) is 0.571. The molecule has 1 aromatic heterocycles. The molecule has 1 unspecified atom stereocenters. The van der Waals surface area contributed by atoms with Crippen LogP contribution in [-0.4, -0.2) is 77.6 Å². The van der Waals surface area contributed by atoms with Crippen LogP contribution in [0, 0.1) is 0 Å². The van der Waals surface area contributed by atoms with Crippen LogP contribution in [0.5, 0.6) is 5.75 Å². The topological polar surface area (TPSA) is 71.3 Å². The zero-order valence-corrected chi connectivity index (χ0v) is 27.1. The second kappa shape index (κ2) is 13.8. The Hall–Kier alpha value is -2.61. The van der Waals surface area contributed by atoms with E-state index in [1.807, 2.05) is 24.6 Å². The van der Waals surface area contributed by atoms with E-state index in [0.717, 1.165) is 85.3 Å². The van der Waals surface area contributed by atoms with Gasteiger partial charge in [0.2, 0.25) is 0 Å². The first-order valence-corrected chi connectivity index (χ1v) is 16.9. The molecule has 0 bridgehead atoms. The molecule has 3 aliphatic rings. The van der Waals surface area contributed by atoms with E-state index in [1.165, 1.54) is 42.5 Å². The third kappa shape index (κ3) is 6.63. The summed E-state index contributed by atoms with van der Waals surface area (Å²) >= 11 is 1.64. The van der Waals surface area contributed by atoms with Crippen molar-refractivity contribution in [3.05, 3.63) is 62.8 Å². The van der Waals surface area contributed by atoms with Crippen molar-refractivity contribution in [2.45, 2.75) is 91.2 Å². The molecule has 2 aliphatic heterocycles. The van der Waals surface area contributed by atoms with Gasteiger partial charge in [0.15, 0.2) is 0 Å². The van der Waals surface area contributed by atoms with Gasteiger partial charge in [0.05, 0.1) is 11.8 Å². The van der Waals surface area contributed by atoms with Gasteiger partial charge in [-0.2, -0.15) is 0 Å². The predicted molar refractivity (Wildman–Crippen MR) is 178 cm³/mol. The Morgan fingerprint density at radius 3 is 2.45 bits per heavy atom. The zero-order chi connectivity index (χ0) is 29.8. The van der Waals surface area contributed by atoms with E-state index in [4.69, 9.17) is 0 Å². The van der Waals surface area contributed by atoms with E-state index in [2.05, 4.69) is 53.9 Å². The predicted octanol–water partition coefficient (Wildman–Crippen LogP) is 6.99. The quantitative estimate of drug-likeness (QED) is 0.217. The lowest BCUT2D eigenvalue weighted by atomic mass is 9.89. The molecule has 0 spiro atoms. The number of hydrogen-bond donors (Lipinski definition) is 3. The Labute approximate surface area is 256 Å². The summed E-state index contributed by atoms with van der Waals surface area (Å²) in [5.74, 6) is 0.315. The third-order valence-corrected chi connectivity index (χ3v) is 10.7. The number of benzene rings is 1. The van der Waals surface area contributed by atoms with Crippen molar-refractivity contribution < 1.29 is 10.2 Å². The average molecular weight is 591 g/mol. The number of likely N-dealkylation sites (tertiary alicyclic amines) is 2. The maximum atomic E-state index is 11.1. The van der Waals surface area contributed by atoms with Crippen LogP contribution in [0.15, 0.2) is 62.3 Å². The van der Waals surface area contributed by atoms with Crippen LogP contribution < -0.4 is 5.32 Å². The molecule has 1 aliphatic carbocycles. The largest absolute Gasteiger partial charge is 0.507 e. The van der Waals surface area contributed by atoms with Crippen molar-refractivity contribution in [3.8, 4) is 5.75 Å². The molecule has 2 aromatic rings. The van der Waals surface area contributed by atoms with Crippen molar-refractivity contribution in [1.29, 1.82) is 0 Å². The number of fused-ring (bicyclic) bond motifs is 1. The molecule has 7 heteroatoms. The summed E-state index contributed by atoms with van der Waals surface area (Å²) < 4.78 is 1.09. The summed E-state index contributed by atoms with van der Waals surface area (Å²) in [6.45, 7) is 14.0. The Kier molecular flexibility index (Phi) is 10.1. The van der Waals surface area contributed by atoms with Crippen molar-refractivity contribution in [1.82, 2.24) is 15.1 Å². The van der Waals surface area contributed by atoms with E-state index in [1.54, 1.807) is 22.6 Å². The summed E-state index contributed by atoms with van der Waals surface area (Å²) in [6, 6.07) is 6.46. The standard InChI is InChI=1S/C35H50N4O2S/c1-6-23(2)33(24(3)25(4)34(36-5)30-12-13-32-29(35(30)41)16-20-42-32)37-27-11-8-17-38(21-27)22-31(26-9-7-10-26)39-18-14-28(40)15-19-39/h12-13,16,20,27-28,37,40-41H,6-11,14-15,17-19,21-22H2,1-5H3/b25-24-,33-23-,36-34+. The number of aliphatic hydroxyl groups excluding tert-OH is 1. The fourth-order valence-corrected chi connectivity index (χ4v) is 7.54. The lowest BCUT2D eigenvalue weighted by molar-refractivity contribution is 0.0894. The van der Waals surface area contributed by atoms with Gasteiger partial charge in [-0.05, 0) is 119 Å². The number of aromatic hydroxyl groups is 1. The maximum Gasteiger partial charge on any atom is 0.133 e. The number of aliphatic hydroxyl groups is 1. The molecule has 1 aromatic carbocycles. The van der Waals surface area contributed by atoms with Gasteiger partial charge in [0, 0.05) is 66.3 Å². The van der Waals surface area contributed by atoms with Gasteiger partial charge in [-0.25, -0.2) is 0 Å². The number of aliphatic imine (C=N–C) groups is 1. The summed E-state index contributed by atoms with van der Waals surface area (Å²) in [5.41, 5.74) is 9.69. The lowest BCUT2D eigenvalue weighted by Crippen LogP contribution is -2.48. The highest BCUT2D eigenvalue weighted by molar-refractivity contribution is 7.17. The lowest BCUT2D eigenvalue weighted by Gasteiger charge is -2.41. The number of piperidine rings is 2. The number of phenolic OH excluding ortho intramolecular Hbond substituents is 1. The minimum atomic E-state index is -0.134. The summed E-state index contributed by atoms with van der Waals surface area (Å²) in [5, 5.41) is 28.1. The number of allylic oxidation sites excluding steroid dienone is 4. The van der Waals surface area contributed by atoms with Crippen molar-refractivity contribution in [2.24, 2.45) is 4.99 Å². The molecule has 42 heavy (non-hydrogen) atoms. The first-order valence-electron chi connectivity index (χ1n) is 16.0. The first-order chi connectivity index (χ1) is 20.3. The minimum Gasteiger partial charge on any atom is -0.507 e. The maximum absolute atomic E-state index is 11.1. The van der Waals surface area contributed by atoms with E-state index >= 15 is 0 Å². The normalized spacial score (nSPS) is 22.1. The molecule has 1 saturated carbocycles. The molecule has 228 valence electrons. The second-order valence-electron chi connectivity index (χ2n) is 12.5. The number of rotatable bonds is 9. The van der Waals surface area contributed by atoms with Crippen molar-refractivity contribution in [2.75, 3.05) is 39.8 Å². The molecule has 0 amide bonds. The molecular formula is C35H50N4O2S. The van der Waals surface area contributed by atoms with Crippen LogP contribution in [0.4, 0.5) is 0 Å². The molecule has 6 nitrogen and oxygen atoms in total. The summed E-state index contributed by atoms with van der Waals surface area (Å²) in [6.07, 6.45) is 8.77. The van der Waals surface area contributed by atoms with Crippen LogP contribution in [-0.2, 0) is 0 Å². The number of thiophene rings is 1. The van der Waals surface area contributed by atoms with Gasteiger partial charge in [0.1, 0.15) is 5.75 Å². The van der Waals surface area contributed by atoms with Gasteiger partial charge < -0.3 is 20.4 Å². The van der Waals surface area contributed by atoms with Gasteiger partial charge in [-0.15, -0.1) is 11.3 Å². The molecule has 3 fully saturated rings. The molecule has 5 rings (SSSR count). The summed E-state index contributed by atoms with van der Waals surface area (Å²) in [7, 11) is 1.82. The van der Waals surface area contributed by atoms with Gasteiger partial charge in [0.25, 0.3) is 0 Å². The second-order valence-corrected chi connectivity index (χ2v) is 13.4. The number of nitrogens with zero attached hydrogens (tertiary/aromatic N) is 3. The summed E-state index contributed by atoms with van der Waals surface area (Å²) in [4.78, 5) is 9.92.